The van der Waals surface area contributed by atoms with Crippen LogP contribution in [0.5, 0.6) is 11.5 Å². The van der Waals surface area contributed by atoms with Crippen LogP contribution in [0.3, 0.4) is 0 Å². The molecule has 0 aliphatic carbocycles. The topological polar surface area (TPSA) is 64.1 Å². The Labute approximate surface area is 202 Å². The molecule has 0 N–H and O–H groups in total. The third kappa shape index (κ3) is 5.95. The third-order valence-corrected chi connectivity index (χ3v) is 7.10. The van der Waals surface area contributed by atoms with Gasteiger partial charge in [0.2, 0.25) is 0 Å². The van der Waals surface area contributed by atoms with Crippen LogP contribution in [0.25, 0.3) is 10.2 Å². The molecule has 0 unspecified atom stereocenters. The van der Waals surface area contributed by atoms with E-state index in [1.165, 1.54) is 11.3 Å². The lowest BCUT2D eigenvalue weighted by molar-refractivity contribution is -0.120. The Hall–Kier alpha value is -2.39. The average Bonchev–Trinajstić information content (AvgIpc) is 3.28. The van der Waals surface area contributed by atoms with E-state index >= 15 is 0 Å². The van der Waals surface area contributed by atoms with Crippen LogP contribution < -0.4 is 14.4 Å². The van der Waals surface area contributed by atoms with E-state index in [9.17, 15) is 4.79 Å². The monoisotopic (exact) mass is 489 g/mol. The number of aromatic nitrogens is 1. The van der Waals surface area contributed by atoms with E-state index in [-0.39, 0.29) is 12.5 Å². The molecule has 0 bridgehead atoms. The molecule has 0 saturated carbocycles. The summed E-state index contributed by atoms with van der Waals surface area (Å²) in [6, 6.07) is 11.0. The molecule has 2 heterocycles. The highest BCUT2D eigenvalue weighted by molar-refractivity contribution is 7.22. The van der Waals surface area contributed by atoms with E-state index < -0.39 is 0 Å². The summed E-state index contributed by atoms with van der Waals surface area (Å²) >= 11 is 7.79. The molecule has 1 aliphatic heterocycles. The predicted octanol–water partition coefficient (Wildman–Crippen LogP) is 4.40. The first kappa shape index (κ1) is 23.8. The molecule has 0 radical (unpaired) electrons. The van der Waals surface area contributed by atoms with Gasteiger partial charge in [-0.15, -0.1) is 0 Å². The fourth-order valence-electron chi connectivity index (χ4n) is 3.70. The molecule has 2 aromatic carbocycles. The molecule has 9 heteroatoms. The number of fused-ring (bicyclic) bond motifs is 1. The fraction of sp³-hybridized carbons (Fsp3) is 0.417. The minimum Gasteiger partial charge on any atom is -0.497 e. The quantitative estimate of drug-likeness (QED) is 0.444. The minimum absolute atomic E-state index is 0.0699. The van der Waals surface area contributed by atoms with Crippen molar-refractivity contribution in [1.82, 2.24) is 9.88 Å². The Balaban J connectivity index is 1.48. The molecule has 1 saturated heterocycles. The lowest BCUT2D eigenvalue weighted by Crippen LogP contribution is -2.40. The van der Waals surface area contributed by atoms with E-state index in [0.29, 0.717) is 22.4 Å². The summed E-state index contributed by atoms with van der Waals surface area (Å²) in [6.45, 7) is 6.72. The van der Waals surface area contributed by atoms with Gasteiger partial charge in [0.05, 0.1) is 30.5 Å². The van der Waals surface area contributed by atoms with Crippen LogP contribution >= 0.6 is 22.9 Å². The predicted molar refractivity (Wildman–Crippen MR) is 132 cm³/mol. The van der Waals surface area contributed by atoms with Crippen LogP contribution in [0.15, 0.2) is 36.4 Å². The molecule has 7 nitrogen and oxygen atoms in total. The van der Waals surface area contributed by atoms with E-state index in [1.54, 1.807) is 36.3 Å². The SMILES string of the molecule is COc1ccc(OCC(=O)N(CCCN2CCOCC2)c2nc3c(C)c(Cl)ccc3s2)cc1. The molecule has 1 fully saturated rings. The summed E-state index contributed by atoms with van der Waals surface area (Å²) < 4.78 is 17.4. The van der Waals surface area contributed by atoms with Crippen LogP contribution in [-0.4, -0.2) is 68.9 Å². The second kappa shape index (κ2) is 11.2. The number of rotatable bonds is 9. The van der Waals surface area contributed by atoms with Gasteiger partial charge in [-0.2, -0.15) is 0 Å². The maximum atomic E-state index is 13.2. The number of thiazole rings is 1. The zero-order chi connectivity index (χ0) is 23.2. The lowest BCUT2D eigenvalue weighted by atomic mass is 10.2. The molecule has 0 atom stereocenters. The summed E-state index contributed by atoms with van der Waals surface area (Å²) in [5.41, 5.74) is 1.76. The van der Waals surface area contributed by atoms with Crippen LogP contribution in [0.2, 0.25) is 5.02 Å². The molecule has 1 amide bonds. The normalized spacial score (nSPS) is 14.4. The molecule has 1 aromatic heterocycles. The molecular weight excluding hydrogens is 462 g/mol. The number of hydrogen-bond acceptors (Lipinski definition) is 7. The van der Waals surface area contributed by atoms with Crippen LogP contribution in [0, 0.1) is 6.92 Å². The van der Waals surface area contributed by atoms with Gasteiger partial charge in [-0.1, -0.05) is 22.9 Å². The maximum absolute atomic E-state index is 13.2. The number of halogens is 1. The number of amides is 1. The Kier molecular flexibility index (Phi) is 8.03. The third-order valence-electron chi connectivity index (χ3n) is 5.65. The fourth-order valence-corrected chi connectivity index (χ4v) is 4.92. The molecule has 3 aromatic rings. The van der Waals surface area contributed by atoms with E-state index in [0.717, 1.165) is 60.8 Å². The maximum Gasteiger partial charge on any atom is 0.266 e. The Morgan fingerprint density at radius 3 is 2.64 bits per heavy atom. The largest absolute Gasteiger partial charge is 0.497 e. The van der Waals surface area contributed by atoms with E-state index in [2.05, 4.69) is 4.90 Å². The van der Waals surface area contributed by atoms with Crippen molar-refractivity contribution in [3.05, 3.63) is 47.0 Å². The van der Waals surface area contributed by atoms with Crippen molar-refractivity contribution >= 4 is 44.2 Å². The number of ether oxygens (including phenoxy) is 3. The Morgan fingerprint density at radius 2 is 1.91 bits per heavy atom. The average molecular weight is 490 g/mol. The highest BCUT2D eigenvalue weighted by atomic mass is 35.5. The zero-order valence-corrected chi connectivity index (χ0v) is 20.5. The van der Waals surface area contributed by atoms with Crippen LogP contribution in [-0.2, 0) is 9.53 Å². The van der Waals surface area contributed by atoms with Crippen molar-refractivity contribution < 1.29 is 19.0 Å². The van der Waals surface area contributed by atoms with Gasteiger partial charge < -0.3 is 14.2 Å². The molecule has 176 valence electrons. The molecule has 4 rings (SSSR count). The lowest BCUT2D eigenvalue weighted by Gasteiger charge is -2.27. The summed E-state index contributed by atoms with van der Waals surface area (Å²) in [4.78, 5) is 22.1. The van der Waals surface area contributed by atoms with Crippen molar-refractivity contribution in [2.45, 2.75) is 13.3 Å². The second-order valence-electron chi connectivity index (χ2n) is 7.83. The van der Waals surface area contributed by atoms with Crippen LogP contribution in [0.1, 0.15) is 12.0 Å². The highest BCUT2D eigenvalue weighted by Gasteiger charge is 2.22. The Morgan fingerprint density at radius 1 is 1.18 bits per heavy atom. The first-order valence-corrected chi connectivity index (χ1v) is 12.2. The molecule has 1 aliphatic rings. The summed E-state index contributed by atoms with van der Waals surface area (Å²) in [7, 11) is 1.61. The molecular formula is C24H28ClN3O4S. The summed E-state index contributed by atoms with van der Waals surface area (Å²) in [5, 5.41) is 1.34. The number of nitrogens with zero attached hydrogens (tertiary/aromatic N) is 3. The van der Waals surface area contributed by atoms with Gasteiger partial charge in [-0.25, -0.2) is 4.98 Å². The van der Waals surface area contributed by atoms with E-state index in [4.69, 9.17) is 30.8 Å². The second-order valence-corrected chi connectivity index (χ2v) is 9.25. The number of benzene rings is 2. The van der Waals surface area contributed by atoms with Crippen molar-refractivity contribution in [3.63, 3.8) is 0 Å². The first-order chi connectivity index (χ1) is 16.0. The number of hydrogen-bond donors (Lipinski definition) is 0. The highest BCUT2D eigenvalue weighted by Crippen LogP contribution is 2.33. The van der Waals surface area contributed by atoms with Crippen molar-refractivity contribution in [2.24, 2.45) is 0 Å². The van der Waals surface area contributed by atoms with Gasteiger partial charge in [0.15, 0.2) is 11.7 Å². The zero-order valence-electron chi connectivity index (χ0n) is 18.9. The van der Waals surface area contributed by atoms with Crippen molar-refractivity contribution in [3.8, 4) is 11.5 Å². The smallest absolute Gasteiger partial charge is 0.266 e. The molecule has 33 heavy (non-hydrogen) atoms. The van der Waals surface area contributed by atoms with Crippen molar-refractivity contribution in [2.75, 3.05) is 58.0 Å². The van der Waals surface area contributed by atoms with Crippen LogP contribution in [0.4, 0.5) is 5.13 Å². The van der Waals surface area contributed by atoms with Gasteiger partial charge in [0.25, 0.3) is 5.91 Å². The first-order valence-electron chi connectivity index (χ1n) is 11.0. The minimum atomic E-state index is -0.129. The van der Waals surface area contributed by atoms with Gasteiger partial charge in [-0.05, 0) is 55.3 Å². The van der Waals surface area contributed by atoms with Gasteiger partial charge in [-0.3, -0.25) is 14.6 Å². The summed E-state index contributed by atoms with van der Waals surface area (Å²) in [5.74, 6) is 1.22. The summed E-state index contributed by atoms with van der Waals surface area (Å²) in [6.07, 6.45) is 0.837. The standard InChI is InChI=1S/C24H28ClN3O4S/c1-17-20(25)8-9-21-23(17)26-24(33-21)28(11-3-10-27-12-14-31-15-13-27)22(29)16-32-19-6-4-18(30-2)5-7-19/h4-9H,3,10-16H2,1-2H3. The number of aryl methyl sites for hydroxylation is 1. The number of carbonyl (C=O) groups is 1. The Bertz CT molecular complexity index is 1080. The number of methoxy groups -OCH3 is 1. The van der Waals surface area contributed by atoms with Gasteiger partial charge in [0.1, 0.15) is 11.5 Å². The van der Waals surface area contributed by atoms with Gasteiger partial charge in [0, 0.05) is 31.2 Å². The number of carbonyl (C=O) groups excluding carboxylic acids is 1. The number of morpholine rings is 1. The number of anilines is 1. The molecule has 0 spiro atoms. The van der Waals surface area contributed by atoms with E-state index in [1.807, 2.05) is 19.1 Å². The van der Waals surface area contributed by atoms with Gasteiger partial charge >= 0.3 is 0 Å². The van der Waals surface area contributed by atoms with Crippen molar-refractivity contribution in [1.29, 1.82) is 0 Å².